The van der Waals surface area contributed by atoms with Crippen LogP contribution in [0.15, 0.2) is 4.52 Å². The van der Waals surface area contributed by atoms with Gasteiger partial charge in [0.1, 0.15) is 0 Å². The number of methoxy groups -OCH3 is 1. The first kappa shape index (κ1) is 10.6. The van der Waals surface area contributed by atoms with Gasteiger partial charge < -0.3 is 14.6 Å². The third-order valence-corrected chi connectivity index (χ3v) is 2.38. The van der Waals surface area contributed by atoms with Crippen LogP contribution in [0.1, 0.15) is 31.0 Å². The summed E-state index contributed by atoms with van der Waals surface area (Å²) in [5.74, 6) is 1.47. The molecular formula is C10H17N3O2. The molecule has 1 aromatic heterocycles. The molecule has 1 N–H and O–H groups in total. The number of rotatable bonds is 7. The third kappa shape index (κ3) is 3.60. The van der Waals surface area contributed by atoms with Crippen molar-refractivity contribution in [2.45, 2.75) is 38.3 Å². The van der Waals surface area contributed by atoms with Gasteiger partial charge in [0.25, 0.3) is 0 Å². The molecule has 1 aliphatic carbocycles. The van der Waals surface area contributed by atoms with Crippen LogP contribution >= 0.6 is 0 Å². The maximum Gasteiger partial charge on any atom is 0.240 e. The number of aryl methyl sites for hydroxylation is 1. The Hall–Kier alpha value is -0.940. The number of nitrogens with zero attached hydrogens (tertiary/aromatic N) is 2. The molecular weight excluding hydrogens is 194 g/mol. The fourth-order valence-electron chi connectivity index (χ4n) is 1.36. The summed E-state index contributed by atoms with van der Waals surface area (Å²) in [6, 6.07) is 0.675. The summed E-state index contributed by atoms with van der Waals surface area (Å²) in [5.41, 5.74) is 0. The van der Waals surface area contributed by atoms with E-state index in [2.05, 4.69) is 15.5 Å². The van der Waals surface area contributed by atoms with E-state index in [4.69, 9.17) is 9.26 Å². The van der Waals surface area contributed by atoms with Gasteiger partial charge in [-0.3, -0.25) is 0 Å². The lowest BCUT2D eigenvalue weighted by Crippen LogP contribution is -2.15. The van der Waals surface area contributed by atoms with E-state index in [0.29, 0.717) is 18.5 Å². The summed E-state index contributed by atoms with van der Waals surface area (Å²) < 4.78 is 10.1. The lowest BCUT2D eigenvalue weighted by atomic mass is 10.3. The number of nitrogens with one attached hydrogen (secondary N) is 1. The predicted molar refractivity (Wildman–Crippen MR) is 54.4 cm³/mol. The highest BCUT2D eigenvalue weighted by molar-refractivity contribution is 4.89. The van der Waals surface area contributed by atoms with E-state index < -0.39 is 0 Å². The summed E-state index contributed by atoms with van der Waals surface area (Å²) in [6.45, 7) is 1.44. The molecule has 0 bridgehead atoms. The van der Waals surface area contributed by atoms with Crippen LogP contribution < -0.4 is 5.32 Å². The molecule has 5 heteroatoms. The zero-order chi connectivity index (χ0) is 10.5. The number of hydrogen-bond acceptors (Lipinski definition) is 5. The van der Waals surface area contributed by atoms with Gasteiger partial charge in [0.2, 0.25) is 5.89 Å². The van der Waals surface area contributed by atoms with E-state index in [0.717, 1.165) is 25.3 Å². The van der Waals surface area contributed by atoms with E-state index in [1.54, 1.807) is 7.11 Å². The number of ether oxygens (including phenoxy) is 1. The molecule has 84 valence electrons. The minimum atomic E-state index is 0.675. The Morgan fingerprint density at radius 3 is 3.13 bits per heavy atom. The molecule has 5 nitrogen and oxygen atoms in total. The first-order chi connectivity index (χ1) is 7.38. The van der Waals surface area contributed by atoms with Crippen molar-refractivity contribution in [3.05, 3.63) is 11.7 Å². The Balaban J connectivity index is 1.70. The second kappa shape index (κ2) is 5.23. The molecule has 0 unspecified atom stereocenters. The molecule has 1 heterocycles. The Kier molecular flexibility index (Phi) is 3.69. The molecule has 2 rings (SSSR count). The molecule has 1 aromatic rings. The van der Waals surface area contributed by atoms with E-state index in [1.165, 1.54) is 12.8 Å². The molecule has 1 fully saturated rings. The number of hydrogen-bond donors (Lipinski definition) is 1. The SMILES string of the molecule is COCCCc1noc(CNC2CC2)n1. The van der Waals surface area contributed by atoms with Gasteiger partial charge in [-0.15, -0.1) is 0 Å². The number of aromatic nitrogens is 2. The van der Waals surface area contributed by atoms with E-state index in [-0.39, 0.29) is 0 Å². The van der Waals surface area contributed by atoms with E-state index >= 15 is 0 Å². The standard InChI is InChI=1S/C10H17N3O2/c1-14-6-2-3-9-12-10(15-13-9)7-11-8-4-5-8/h8,11H,2-7H2,1H3. The molecule has 1 aliphatic rings. The van der Waals surface area contributed by atoms with Gasteiger partial charge in [-0.1, -0.05) is 5.16 Å². The van der Waals surface area contributed by atoms with Crippen LogP contribution in [0, 0.1) is 0 Å². The Morgan fingerprint density at radius 1 is 1.53 bits per heavy atom. The van der Waals surface area contributed by atoms with Gasteiger partial charge >= 0.3 is 0 Å². The molecule has 0 atom stereocenters. The second-order valence-electron chi connectivity index (χ2n) is 3.86. The average molecular weight is 211 g/mol. The molecule has 0 radical (unpaired) electrons. The quantitative estimate of drug-likeness (QED) is 0.679. The first-order valence-corrected chi connectivity index (χ1v) is 5.42. The van der Waals surface area contributed by atoms with Crippen LogP contribution in [0.5, 0.6) is 0 Å². The summed E-state index contributed by atoms with van der Waals surface area (Å²) >= 11 is 0. The summed E-state index contributed by atoms with van der Waals surface area (Å²) in [4.78, 5) is 4.29. The molecule has 0 saturated heterocycles. The molecule has 0 aromatic carbocycles. The Labute approximate surface area is 89.2 Å². The lowest BCUT2D eigenvalue weighted by Gasteiger charge is -1.95. The van der Waals surface area contributed by atoms with Crippen LogP contribution in [0.2, 0.25) is 0 Å². The second-order valence-corrected chi connectivity index (χ2v) is 3.86. The minimum Gasteiger partial charge on any atom is -0.385 e. The highest BCUT2D eigenvalue weighted by Crippen LogP contribution is 2.18. The van der Waals surface area contributed by atoms with Crippen molar-refractivity contribution in [2.75, 3.05) is 13.7 Å². The largest absolute Gasteiger partial charge is 0.385 e. The van der Waals surface area contributed by atoms with Crippen LogP contribution in [-0.4, -0.2) is 29.9 Å². The van der Waals surface area contributed by atoms with Crippen molar-refractivity contribution in [1.29, 1.82) is 0 Å². The van der Waals surface area contributed by atoms with Crippen molar-refractivity contribution in [3.8, 4) is 0 Å². The fourth-order valence-corrected chi connectivity index (χ4v) is 1.36. The maximum atomic E-state index is 5.11. The smallest absolute Gasteiger partial charge is 0.240 e. The van der Waals surface area contributed by atoms with Gasteiger partial charge in [0.05, 0.1) is 6.54 Å². The van der Waals surface area contributed by atoms with Crippen molar-refractivity contribution < 1.29 is 9.26 Å². The Bertz CT molecular complexity index is 297. The van der Waals surface area contributed by atoms with Gasteiger partial charge in [-0.05, 0) is 19.3 Å². The lowest BCUT2D eigenvalue weighted by molar-refractivity contribution is 0.194. The summed E-state index contributed by atoms with van der Waals surface area (Å²) in [5, 5.41) is 7.24. The van der Waals surface area contributed by atoms with E-state index in [9.17, 15) is 0 Å². The van der Waals surface area contributed by atoms with Crippen LogP contribution in [0.4, 0.5) is 0 Å². The van der Waals surface area contributed by atoms with Crippen molar-refractivity contribution in [1.82, 2.24) is 15.5 Å². The van der Waals surface area contributed by atoms with Crippen LogP contribution in [0.25, 0.3) is 0 Å². The van der Waals surface area contributed by atoms with Crippen molar-refractivity contribution in [3.63, 3.8) is 0 Å². The van der Waals surface area contributed by atoms with Gasteiger partial charge in [-0.2, -0.15) is 4.98 Å². The fraction of sp³-hybridized carbons (Fsp3) is 0.800. The molecule has 15 heavy (non-hydrogen) atoms. The molecule has 0 spiro atoms. The molecule has 1 saturated carbocycles. The van der Waals surface area contributed by atoms with Crippen LogP contribution in [0.3, 0.4) is 0 Å². The Morgan fingerprint density at radius 2 is 2.40 bits per heavy atom. The maximum absolute atomic E-state index is 5.11. The van der Waals surface area contributed by atoms with E-state index in [1.807, 2.05) is 0 Å². The van der Waals surface area contributed by atoms with Crippen molar-refractivity contribution >= 4 is 0 Å². The molecule has 0 aliphatic heterocycles. The average Bonchev–Trinajstić information content (AvgIpc) is 2.97. The predicted octanol–water partition coefficient (Wildman–Crippen LogP) is 0.901. The van der Waals surface area contributed by atoms with Gasteiger partial charge in [0.15, 0.2) is 5.82 Å². The monoisotopic (exact) mass is 211 g/mol. The highest BCUT2D eigenvalue weighted by atomic mass is 16.5. The summed E-state index contributed by atoms with van der Waals surface area (Å²) in [6.07, 6.45) is 4.30. The van der Waals surface area contributed by atoms with Gasteiger partial charge in [0, 0.05) is 26.2 Å². The van der Waals surface area contributed by atoms with Crippen LogP contribution in [-0.2, 0) is 17.7 Å². The van der Waals surface area contributed by atoms with Crippen molar-refractivity contribution in [2.24, 2.45) is 0 Å². The first-order valence-electron chi connectivity index (χ1n) is 5.42. The van der Waals surface area contributed by atoms with Gasteiger partial charge in [-0.25, -0.2) is 0 Å². The zero-order valence-electron chi connectivity index (χ0n) is 9.03. The summed E-state index contributed by atoms with van der Waals surface area (Å²) in [7, 11) is 1.70. The minimum absolute atomic E-state index is 0.675. The highest BCUT2D eigenvalue weighted by Gasteiger charge is 2.21. The normalized spacial score (nSPS) is 15.8. The molecule has 0 amide bonds. The third-order valence-electron chi connectivity index (χ3n) is 2.38. The topological polar surface area (TPSA) is 60.2 Å². The zero-order valence-corrected chi connectivity index (χ0v) is 9.03.